The number of aryl methyl sites for hydroxylation is 2. The second-order valence-electron chi connectivity index (χ2n) is 4.82. The molecule has 0 saturated heterocycles. The Hall–Kier alpha value is -1.66. The molecule has 2 N–H and O–H groups in total. The Morgan fingerprint density at radius 2 is 2.10 bits per heavy atom. The monoisotopic (exact) mass is 295 g/mol. The van der Waals surface area contributed by atoms with Crippen molar-refractivity contribution in [2.24, 2.45) is 0 Å². The van der Waals surface area contributed by atoms with Gasteiger partial charge in [-0.05, 0) is 48.9 Å². The molecule has 0 spiro atoms. The van der Waals surface area contributed by atoms with Gasteiger partial charge in [-0.3, -0.25) is 4.79 Å². The van der Waals surface area contributed by atoms with Gasteiger partial charge in [0.15, 0.2) is 0 Å². The van der Waals surface area contributed by atoms with E-state index in [2.05, 4.69) is 11.3 Å². The summed E-state index contributed by atoms with van der Waals surface area (Å²) in [4.78, 5) is 11.1. The van der Waals surface area contributed by atoms with Gasteiger partial charge in [-0.25, -0.2) is 8.42 Å². The van der Waals surface area contributed by atoms with E-state index in [4.69, 9.17) is 5.11 Å². The van der Waals surface area contributed by atoms with E-state index in [9.17, 15) is 13.2 Å². The lowest BCUT2D eigenvalue weighted by atomic mass is 10.1. The zero-order valence-electron chi connectivity index (χ0n) is 11.0. The number of hydrogen-bond acceptors (Lipinski definition) is 3. The molecule has 1 unspecified atom stereocenters. The third-order valence-corrected chi connectivity index (χ3v) is 4.85. The molecule has 0 aromatic heterocycles. The number of carboxylic acid groups (broad SMARTS) is 1. The van der Waals surface area contributed by atoms with Crippen molar-refractivity contribution in [1.82, 2.24) is 4.72 Å². The summed E-state index contributed by atoms with van der Waals surface area (Å²) in [6.07, 6.45) is 4.29. The molecule has 0 aliphatic heterocycles. The van der Waals surface area contributed by atoms with E-state index in [1.165, 1.54) is 17.7 Å². The molecule has 20 heavy (non-hydrogen) atoms. The zero-order valence-corrected chi connectivity index (χ0v) is 11.8. The molecule has 1 aromatic carbocycles. The molecular weight excluding hydrogens is 278 g/mol. The van der Waals surface area contributed by atoms with E-state index < -0.39 is 22.0 Å². The third-order valence-electron chi connectivity index (χ3n) is 3.38. The van der Waals surface area contributed by atoms with Crippen molar-refractivity contribution in [3.63, 3.8) is 0 Å². The SMILES string of the molecule is C=CCC(NS(=O)(=O)c1ccc2c(c1)CCC2)C(=O)O. The number of hydrogen-bond donors (Lipinski definition) is 2. The predicted molar refractivity (Wildman–Crippen MR) is 75.0 cm³/mol. The molecule has 1 atom stereocenters. The Morgan fingerprint density at radius 3 is 2.75 bits per heavy atom. The molecule has 6 heteroatoms. The standard InChI is InChI=1S/C14H17NO4S/c1-2-4-13(14(16)17)15-20(18,19)12-8-7-10-5-3-6-11(10)9-12/h2,7-9,13,15H,1,3-6H2,(H,16,17). The quantitative estimate of drug-likeness (QED) is 0.779. The minimum Gasteiger partial charge on any atom is -0.480 e. The fourth-order valence-electron chi connectivity index (χ4n) is 2.34. The molecule has 1 aliphatic carbocycles. The fourth-order valence-corrected chi connectivity index (χ4v) is 3.59. The average molecular weight is 295 g/mol. The number of carbonyl (C=O) groups is 1. The van der Waals surface area contributed by atoms with Crippen molar-refractivity contribution >= 4 is 16.0 Å². The van der Waals surface area contributed by atoms with Crippen LogP contribution in [0.2, 0.25) is 0 Å². The van der Waals surface area contributed by atoms with Crippen LogP contribution < -0.4 is 4.72 Å². The number of fused-ring (bicyclic) bond motifs is 1. The first-order valence-electron chi connectivity index (χ1n) is 6.42. The van der Waals surface area contributed by atoms with E-state index in [0.29, 0.717) is 0 Å². The summed E-state index contributed by atoms with van der Waals surface area (Å²) < 4.78 is 26.6. The molecule has 0 radical (unpaired) electrons. The second-order valence-corrected chi connectivity index (χ2v) is 6.53. The molecule has 0 bridgehead atoms. The topological polar surface area (TPSA) is 83.5 Å². The Bertz CT molecular complexity index is 637. The van der Waals surface area contributed by atoms with Gasteiger partial charge in [0, 0.05) is 0 Å². The number of carboxylic acids is 1. The summed E-state index contributed by atoms with van der Waals surface area (Å²) in [6.45, 7) is 3.43. The van der Waals surface area contributed by atoms with E-state index >= 15 is 0 Å². The van der Waals surface area contributed by atoms with Crippen molar-refractivity contribution < 1.29 is 18.3 Å². The van der Waals surface area contributed by atoms with Gasteiger partial charge in [0.05, 0.1) is 4.90 Å². The van der Waals surface area contributed by atoms with Crippen molar-refractivity contribution in [2.75, 3.05) is 0 Å². The van der Waals surface area contributed by atoms with Crippen LogP contribution in [0.5, 0.6) is 0 Å². The first-order valence-corrected chi connectivity index (χ1v) is 7.90. The van der Waals surface area contributed by atoms with Crippen molar-refractivity contribution in [3.05, 3.63) is 42.0 Å². The number of benzene rings is 1. The first kappa shape index (κ1) is 14.7. The molecule has 0 amide bonds. The lowest BCUT2D eigenvalue weighted by Gasteiger charge is -2.13. The maximum absolute atomic E-state index is 12.2. The van der Waals surface area contributed by atoms with Crippen LogP contribution in [0.25, 0.3) is 0 Å². The number of sulfonamides is 1. The van der Waals surface area contributed by atoms with Crippen molar-refractivity contribution in [2.45, 2.75) is 36.6 Å². The maximum Gasteiger partial charge on any atom is 0.322 e. The lowest BCUT2D eigenvalue weighted by Crippen LogP contribution is -2.40. The van der Waals surface area contributed by atoms with Gasteiger partial charge in [-0.15, -0.1) is 6.58 Å². The van der Waals surface area contributed by atoms with Gasteiger partial charge in [-0.1, -0.05) is 12.1 Å². The van der Waals surface area contributed by atoms with Gasteiger partial charge >= 0.3 is 5.97 Å². The van der Waals surface area contributed by atoms with Gasteiger partial charge in [0.1, 0.15) is 6.04 Å². The smallest absolute Gasteiger partial charge is 0.322 e. The van der Waals surface area contributed by atoms with E-state index in [1.807, 2.05) is 0 Å². The Kier molecular flexibility index (Phi) is 4.25. The van der Waals surface area contributed by atoms with E-state index in [1.54, 1.807) is 12.1 Å². The largest absolute Gasteiger partial charge is 0.480 e. The summed E-state index contributed by atoms with van der Waals surface area (Å²) in [5.74, 6) is -1.21. The van der Waals surface area contributed by atoms with E-state index in [0.717, 1.165) is 24.8 Å². The van der Waals surface area contributed by atoms with Crippen LogP contribution in [0, 0.1) is 0 Å². The highest BCUT2D eigenvalue weighted by atomic mass is 32.2. The third kappa shape index (κ3) is 3.08. The molecule has 0 fully saturated rings. The van der Waals surface area contributed by atoms with Gasteiger partial charge in [-0.2, -0.15) is 4.72 Å². The zero-order chi connectivity index (χ0) is 14.8. The molecule has 5 nitrogen and oxygen atoms in total. The van der Waals surface area contributed by atoms with Crippen LogP contribution in [0.3, 0.4) is 0 Å². The first-order chi connectivity index (χ1) is 9.44. The minimum atomic E-state index is -3.83. The highest BCUT2D eigenvalue weighted by Gasteiger charge is 2.25. The number of aliphatic carboxylic acids is 1. The van der Waals surface area contributed by atoms with Gasteiger partial charge in [0.2, 0.25) is 10.0 Å². The predicted octanol–water partition coefficient (Wildman–Crippen LogP) is 1.48. The molecule has 2 rings (SSSR count). The molecule has 0 saturated carbocycles. The minimum absolute atomic E-state index is 0.0412. The molecule has 0 heterocycles. The van der Waals surface area contributed by atoms with Crippen molar-refractivity contribution in [1.29, 1.82) is 0 Å². The average Bonchev–Trinajstić information content (AvgIpc) is 2.85. The Balaban J connectivity index is 2.25. The molecule has 1 aromatic rings. The van der Waals surface area contributed by atoms with Gasteiger partial charge < -0.3 is 5.11 Å². The van der Waals surface area contributed by atoms with Crippen LogP contribution >= 0.6 is 0 Å². The highest BCUT2D eigenvalue weighted by molar-refractivity contribution is 7.89. The number of rotatable bonds is 6. The molecular formula is C14H17NO4S. The van der Waals surface area contributed by atoms with Crippen molar-refractivity contribution in [3.8, 4) is 0 Å². The van der Waals surface area contributed by atoms with E-state index in [-0.39, 0.29) is 11.3 Å². The van der Waals surface area contributed by atoms with Crippen LogP contribution in [-0.2, 0) is 27.7 Å². The van der Waals surface area contributed by atoms with Crippen LogP contribution in [0.1, 0.15) is 24.0 Å². The second kappa shape index (κ2) is 5.76. The maximum atomic E-state index is 12.2. The molecule has 1 aliphatic rings. The highest BCUT2D eigenvalue weighted by Crippen LogP contribution is 2.24. The summed E-state index contributed by atoms with van der Waals surface area (Å²) in [5.41, 5.74) is 2.20. The normalized spacial score (nSPS) is 15.6. The molecule has 108 valence electrons. The lowest BCUT2D eigenvalue weighted by molar-refractivity contribution is -0.138. The number of nitrogens with one attached hydrogen (secondary N) is 1. The van der Waals surface area contributed by atoms with Crippen LogP contribution in [0.15, 0.2) is 35.7 Å². The summed E-state index contributed by atoms with van der Waals surface area (Å²) >= 11 is 0. The van der Waals surface area contributed by atoms with Crippen LogP contribution in [0.4, 0.5) is 0 Å². The van der Waals surface area contributed by atoms with Crippen LogP contribution in [-0.4, -0.2) is 25.5 Å². The summed E-state index contributed by atoms with van der Waals surface area (Å²) in [7, 11) is -3.83. The summed E-state index contributed by atoms with van der Waals surface area (Å²) in [6, 6.07) is 3.78. The Labute approximate surface area is 118 Å². The Morgan fingerprint density at radius 1 is 1.40 bits per heavy atom. The fraction of sp³-hybridized carbons (Fsp3) is 0.357. The summed E-state index contributed by atoms with van der Waals surface area (Å²) in [5, 5.41) is 8.99. The van der Waals surface area contributed by atoms with Gasteiger partial charge in [0.25, 0.3) is 0 Å².